The van der Waals surface area contributed by atoms with E-state index in [0.29, 0.717) is 28.6 Å². The van der Waals surface area contributed by atoms with Crippen LogP contribution in [0.3, 0.4) is 0 Å². The lowest BCUT2D eigenvalue weighted by atomic mass is 10.1. The fraction of sp³-hybridized carbons (Fsp3) is 0.450. The Balaban J connectivity index is 2.23. The first-order chi connectivity index (χ1) is 13.3. The van der Waals surface area contributed by atoms with Gasteiger partial charge in [0.15, 0.2) is 5.13 Å². The number of amides is 2. The van der Waals surface area contributed by atoms with Crippen LogP contribution in [-0.4, -0.2) is 48.5 Å². The molecule has 1 heterocycles. The van der Waals surface area contributed by atoms with Crippen LogP contribution in [0.5, 0.6) is 11.5 Å². The lowest BCUT2D eigenvalue weighted by molar-refractivity contribution is -0.117. The van der Waals surface area contributed by atoms with E-state index in [-0.39, 0.29) is 24.4 Å². The molecule has 0 radical (unpaired) electrons. The zero-order valence-electron chi connectivity index (χ0n) is 17.2. The summed E-state index contributed by atoms with van der Waals surface area (Å²) >= 11 is 1.42. The Bertz CT molecular complexity index is 830. The number of anilines is 1. The van der Waals surface area contributed by atoms with Gasteiger partial charge in [0, 0.05) is 17.0 Å². The lowest BCUT2D eigenvalue weighted by Crippen LogP contribution is -2.43. The van der Waals surface area contributed by atoms with Crippen LogP contribution in [0, 0.1) is 13.8 Å². The van der Waals surface area contributed by atoms with Gasteiger partial charge in [-0.05, 0) is 39.3 Å². The van der Waals surface area contributed by atoms with E-state index in [2.05, 4.69) is 10.3 Å². The summed E-state index contributed by atoms with van der Waals surface area (Å²) in [5.74, 6) is 0.449. The predicted molar refractivity (Wildman–Crippen MR) is 111 cm³/mol. The highest BCUT2D eigenvalue weighted by Gasteiger charge is 2.26. The van der Waals surface area contributed by atoms with Gasteiger partial charge in [-0.3, -0.25) is 9.59 Å². The first kappa shape index (κ1) is 21.7. The summed E-state index contributed by atoms with van der Waals surface area (Å²) in [6.07, 6.45) is 0.715. The van der Waals surface area contributed by atoms with Crippen LogP contribution in [-0.2, 0) is 4.79 Å². The summed E-state index contributed by atoms with van der Waals surface area (Å²) in [6.45, 7) is 7.67. The fourth-order valence-corrected chi connectivity index (χ4v) is 3.45. The molecule has 8 heteroatoms. The number of thiazole rings is 1. The lowest BCUT2D eigenvalue weighted by Gasteiger charge is -2.28. The third-order valence-corrected chi connectivity index (χ3v) is 5.60. The number of hydrogen-bond acceptors (Lipinski definition) is 6. The Labute approximate surface area is 169 Å². The molecule has 1 aromatic carbocycles. The average molecular weight is 406 g/mol. The van der Waals surface area contributed by atoms with E-state index in [9.17, 15) is 9.59 Å². The molecule has 0 aliphatic heterocycles. The highest BCUT2D eigenvalue weighted by atomic mass is 32.1. The number of nitrogens with one attached hydrogen (secondary N) is 1. The van der Waals surface area contributed by atoms with Crippen LogP contribution in [0.15, 0.2) is 18.2 Å². The van der Waals surface area contributed by atoms with Crippen LogP contribution in [0.2, 0.25) is 0 Å². The minimum atomic E-state index is -0.283. The number of methoxy groups -OCH3 is 2. The average Bonchev–Trinajstić information content (AvgIpc) is 3.01. The summed E-state index contributed by atoms with van der Waals surface area (Å²) in [6, 6.07) is 4.89. The highest BCUT2D eigenvalue weighted by molar-refractivity contribution is 7.15. The molecule has 2 amide bonds. The monoisotopic (exact) mass is 405 g/mol. The number of benzene rings is 1. The predicted octanol–water partition coefficient (Wildman–Crippen LogP) is 3.66. The molecule has 1 atom stereocenters. The molecule has 1 N–H and O–H groups in total. The van der Waals surface area contributed by atoms with Crippen LogP contribution < -0.4 is 14.8 Å². The molecular formula is C20H27N3O4S. The van der Waals surface area contributed by atoms with E-state index >= 15 is 0 Å². The SMILES string of the molecule is CCC(C)N(CC(=O)Nc1nc(C)c(C)s1)C(=O)c1ccc(OC)cc1OC. The fourth-order valence-electron chi connectivity index (χ4n) is 2.62. The second-order valence-corrected chi connectivity index (χ2v) is 7.67. The van der Waals surface area contributed by atoms with Crippen molar-refractivity contribution in [3.63, 3.8) is 0 Å². The topological polar surface area (TPSA) is 80.8 Å². The molecule has 1 aromatic heterocycles. The van der Waals surface area contributed by atoms with Crippen molar-refractivity contribution >= 4 is 28.3 Å². The summed E-state index contributed by atoms with van der Waals surface area (Å²) in [4.78, 5) is 32.7. The van der Waals surface area contributed by atoms with Gasteiger partial charge in [-0.1, -0.05) is 6.92 Å². The van der Waals surface area contributed by atoms with Crippen LogP contribution in [0.1, 0.15) is 41.2 Å². The molecule has 0 spiro atoms. The van der Waals surface area contributed by atoms with Crippen LogP contribution in [0.4, 0.5) is 5.13 Å². The van der Waals surface area contributed by atoms with Crippen molar-refractivity contribution in [1.82, 2.24) is 9.88 Å². The summed E-state index contributed by atoms with van der Waals surface area (Å²) < 4.78 is 10.5. The van der Waals surface area contributed by atoms with Gasteiger partial charge in [-0.15, -0.1) is 11.3 Å². The van der Waals surface area contributed by atoms with Gasteiger partial charge >= 0.3 is 0 Å². The van der Waals surface area contributed by atoms with Crippen molar-refractivity contribution in [2.75, 3.05) is 26.1 Å². The molecule has 2 rings (SSSR count). The van der Waals surface area contributed by atoms with Gasteiger partial charge in [0.05, 0.1) is 25.5 Å². The second-order valence-electron chi connectivity index (χ2n) is 6.47. The third kappa shape index (κ3) is 5.01. The maximum absolute atomic E-state index is 13.2. The molecule has 0 bridgehead atoms. The van der Waals surface area contributed by atoms with Crippen molar-refractivity contribution in [1.29, 1.82) is 0 Å². The number of nitrogens with zero attached hydrogens (tertiary/aromatic N) is 2. The Hall–Kier alpha value is -2.61. The summed E-state index contributed by atoms with van der Waals surface area (Å²) in [5, 5.41) is 3.33. The molecule has 152 valence electrons. The maximum atomic E-state index is 13.2. The van der Waals surface area contributed by atoms with Gasteiger partial charge in [-0.2, -0.15) is 0 Å². The van der Waals surface area contributed by atoms with E-state index in [0.717, 1.165) is 10.6 Å². The van der Waals surface area contributed by atoms with Crippen LogP contribution >= 0.6 is 11.3 Å². The Morgan fingerprint density at radius 1 is 1.25 bits per heavy atom. The number of hydrogen-bond donors (Lipinski definition) is 1. The number of carbonyl (C=O) groups is 2. The number of aromatic nitrogens is 1. The minimum absolute atomic E-state index is 0.0688. The molecule has 1 unspecified atom stereocenters. The first-order valence-corrected chi connectivity index (χ1v) is 9.89. The minimum Gasteiger partial charge on any atom is -0.497 e. The Morgan fingerprint density at radius 3 is 2.50 bits per heavy atom. The summed E-state index contributed by atoms with van der Waals surface area (Å²) in [5.41, 5.74) is 1.27. The Morgan fingerprint density at radius 2 is 1.96 bits per heavy atom. The first-order valence-electron chi connectivity index (χ1n) is 9.07. The van der Waals surface area contributed by atoms with Crippen LogP contribution in [0.25, 0.3) is 0 Å². The van der Waals surface area contributed by atoms with E-state index in [4.69, 9.17) is 9.47 Å². The molecule has 7 nitrogen and oxygen atoms in total. The number of ether oxygens (including phenoxy) is 2. The molecule has 0 aliphatic carbocycles. The number of aryl methyl sites for hydroxylation is 2. The zero-order valence-corrected chi connectivity index (χ0v) is 18.0. The quantitative estimate of drug-likeness (QED) is 0.725. The number of carbonyl (C=O) groups excluding carboxylic acids is 2. The largest absolute Gasteiger partial charge is 0.497 e. The third-order valence-electron chi connectivity index (χ3n) is 4.61. The van der Waals surface area contributed by atoms with Crippen molar-refractivity contribution in [3.8, 4) is 11.5 Å². The van der Waals surface area contributed by atoms with E-state index < -0.39 is 0 Å². The van der Waals surface area contributed by atoms with Crippen molar-refractivity contribution < 1.29 is 19.1 Å². The molecule has 2 aromatic rings. The smallest absolute Gasteiger partial charge is 0.258 e. The van der Waals surface area contributed by atoms with Crippen molar-refractivity contribution in [2.24, 2.45) is 0 Å². The number of rotatable bonds is 8. The van der Waals surface area contributed by atoms with E-state index in [1.54, 1.807) is 30.2 Å². The molecule has 28 heavy (non-hydrogen) atoms. The highest BCUT2D eigenvalue weighted by Crippen LogP contribution is 2.27. The van der Waals surface area contributed by atoms with E-state index in [1.807, 2.05) is 27.7 Å². The van der Waals surface area contributed by atoms with Gasteiger partial charge in [0.1, 0.15) is 18.0 Å². The molecule has 0 aliphatic rings. The molecule has 0 fully saturated rings. The molecule has 0 saturated heterocycles. The van der Waals surface area contributed by atoms with Gasteiger partial charge in [0.25, 0.3) is 5.91 Å². The zero-order chi connectivity index (χ0) is 20.8. The second kappa shape index (κ2) is 9.54. The van der Waals surface area contributed by atoms with Crippen molar-refractivity contribution in [2.45, 2.75) is 40.2 Å². The van der Waals surface area contributed by atoms with Gasteiger partial charge in [-0.25, -0.2) is 4.98 Å². The van der Waals surface area contributed by atoms with Gasteiger partial charge in [0.2, 0.25) is 5.91 Å². The molecular weight excluding hydrogens is 378 g/mol. The van der Waals surface area contributed by atoms with Crippen molar-refractivity contribution in [3.05, 3.63) is 34.3 Å². The van der Waals surface area contributed by atoms with E-state index in [1.165, 1.54) is 18.4 Å². The molecule has 0 saturated carbocycles. The Kier molecular flexibility index (Phi) is 7.39. The summed E-state index contributed by atoms with van der Waals surface area (Å²) in [7, 11) is 3.05. The normalized spacial score (nSPS) is 11.6. The standard InChI is InChI=1S/C20H27N3O4S/c1-7-12(2)23(11-18(24)22-20-21-13(3)14(4)28-20)19(25)16-9-8-15(26-5)10-17(16)27-6/h8-10,12H,7,11H2,1-6H3,(H,21,22,24). The van der Waals surface area contributed by atoms with Gasteiger partial charge < -0.3 is 19.7 Å². The maximum Gasteiger partial charge on any atom is 0.258 e.